The topological polar surface area (TPSA) is 21.6 Å². The van der Waals surface area contributed by atoms with Crippen molar-refractivity contribution in [1.82, 2.24) is 0 Å². The summed E-state index contributed by atoms with van der Waals surface area (Å²) in [5, 5.41) is 3.86. The van der Waals surface area contributed by atoms with Gasteiger partial charge < -0.3 is 4.84 Å². The lowest BCUT2D eigenvalue weighted by Gasteiger charge is -1.93. The average molecular weight is 203 g/mol. The van der Waals surface area contributed by atoms with Crippen molar-refractivity contribution in [2.24, 2.45) is 5.16 Å². The van der Waals surface area contributed by atoms with Gasteiger partial charge in [-0.15, -0.1) is 0 Å². The van der Waals surface area contributed by atoms with Crippen LogP contribution in [-0.4, -0.2) is 12.8 Å². The predicted octanol–water partition coefficient (Wildman–Crippen LogP) is 3.39. The highest BCUT2D eigenvalue weighted by molar-refractivity contribution is 5.78. The summed E-state index contributed by atoms with van der Waals surface area (Å²) in [4.78, 5) is 5.07. The molecule has 1 aromatic carbocycles. The molecule has 0 aliphatic heterocycles. The Kier molecular flexibility index (Phi) is 5.98. The molecular weight excluding hydrogens is 186 g/mol. The lowest BCUT2D eigenvalue weighted by molar-refractivity contribution is 0.176. The van der Waals surface area contributed by atoms with E-state index in [1.165, 1.54) is 6.42 Å². The van der Waals surface area contributed by atoms with E-state index in [2.05, 4.69) is 18.2 Å². The Morgan fingerprint density at radius 1 is 1.20 bits per heavy atom. The molecule has 0 N–H and O–H groups in total. The van der Waals surface area contributed by atoms with Crippen molar-refractivity contribution in [2.45, 2.75) is 19.8 Å². The van der Waals surface area contributed by atoms with Crippen LogP contribution in [-0.2, 0) is 4.84 Å². The lowest BCUT2D eigenvalue weighted by Crippen LogP contribution is -1.84. The first-order chi connectivity index (χ1) is 7.43. The van der Waals surface area contributed by atoms with E-state index in [0.29, 0.717) is 6.61 Å². The van der Waals surface area contributed by atoms with Crippen LogP contribution in [0.1, 0.15) is 25.3 Å². The fraction of sp³-hybridized carbons (Fsp3) is 0.308. The first-order valence-corrected chi connectivity index (χ1v) is 5.29. The Bertz CT molecular complexity index is 304. The van der Waals surface area contributed by atoms with Crippen molar-refractivity contribution in [2.75, 3.05) is 6.61 Å². The van der Waals surface area contributed by atoms with Crippen LogP contribution < -0.4 is 0 Å². The number of nitrogens with zero attached hydrogens (tertiary/aromatic N) is 1. The second-order valence-electron chi connectivity index (χ2n) is 3.20. The molecule has 0 heterocycles. The van der Waals surface area contributed by atoms with E-state index in [1.54, 1.807) is 6.21 Å². The molecule has 0 unspecified atom stereocenters. The molecule has 2 nitrogen and oxygen atoms in total. The van der Waals surface area contributed by atoms with Crippen LogP contribution >= 0.6 is 0 Å². The Morgan fingerprint density at radius 3 is 2.73 bits per heavy atom. The van der Waals surface area contributed by atoms with Crippen LogP contribution in [0.4, 0.5) is 0 Å². The SMILES string of the molecule is CCC/C=C\CO/N=C/c1ccccc1. The van der Waals surface area contributed by atoms with Crippen molar-refractivity contribution < 1.29 is 4.84 Å². The number of hydrogen-bond donors (Lipinski definition) is 0. The maximum absolute atomic E-state index is 5.07. The van der Waals surface area contributed by atoms with Gasteiger partial charge in [0.1, 0.15) is 6.61 Å². The summed E-state index contributed by atoms with van der Waals surface area (Å²) < 4.78 is 0. The summed E-state index contributed by atoms with van der Waals surface area (Å²) in [6.45, 7) is 2.70. The molecule has 0 aliphatic carbocycles. The summed E-state index contributed by atoms with van der Waals surface area (Å²) in [5.74, 6) is 0. The molecule has 0 radical (unpaired) electrons. The molecule has 0 spiro atoms. The zero-order valence-corrected chi connectivity index (χ0v) is 9.10. The zero-order valence-electron chi connectivity index (χ0n) is 9.10. The van der Waals surface area contributed by atoms with Gasteiger partial charge >= 0.3 is 0 Å². The molecular formula is C13H17NO. The molecule has 0 atom stereocenters. The Balaban J connectivity index is 2.17. The quantitative estimate of drug-likeness (QED) is 0.300. The third-order valence-electron chi connectivity index (χ3n) is 1.87. The van der Waals surface area contributed by atoms with Crippen LogP contribution in [0, 0.1) is 0 Å². The van der Waals surface area contributed by atoms with Crippen LogP contribution in [0.25, 0.3) is 0 Å². The summed E-state index contributed by atoms with van der Waals surface area (Å²) in [5.41, 5.74) is 1.05. The maximum atomic E-state index is 5.07. The molecule has 1 rings (SSSR count). The molecule has 0 saturated heterocycles. The normalized spacial score (nSPS) is 11.3. The van der Waals surface area contributed by atoms with Gasteiger partial charge in [0.15, 0.2) is 0 Å². The minimum Gasteiger partial charge on any atom is -0.392 e. The predicted molar refractivity (Wildman–Crippen MR) is 64.0 cm³/mol. The van der Waals surface area contributed by atoms with E-state index in [0.717, 1.165) is 12.0 Å². The van der Waals surface area contributed by atoms with E-state index >= 15 is 0 Å². The monoisotopic (exact) mass is 203 g/mol. The van der Waals surface area contributed by atoms with Crippen molar-refractivity contribution >= 4 is 6.21 Å². The van der Waals surface area contributed by atoms with Gasteiger partial charge in [-0.25, -0.2) is 0 Å². The molecule has 0 fully saturated rings. The zero-order chi connectivity index (χ0) is 10.8. The minimum atomic E-state index is 0.545. The fourth-order valence-electron chi connectivity index (χ4n) is 1.08. The number of oxime groups is 1. The molecule has 0 bridgehead atoms. The summed E-state index contributed by atoms with van der Waals surface area (Å²) in [6.07, 6.45) is 8.09. The van der Waals surface area contributed by atoms with E-state index < -0.39 is 0 Å². The highest BCUT2D eigenvalue weighted by Crippen LogP contribution is 1.94. The third kappa shape index (κ3) is 5.68. The molecule has 2 heteroatoms. The van der Waals surface area contributed by atoms with E-state index in [1.807, 2.05) is 36.4 Å². The summed E-state index contributed by atoms with van der Waals surface area (Å²) in [6, 6.07) is 9.90. The Labute approximate surface area is 91.3 Å². The molecule has 0 aliphatic rings. The number of rotatable bonds is 6. The second-order valence-corrected chi connectivity index (χ2v) is 3.20. The number of hydrogen-bond acceptors (Lipinski definition) is 2. The van der Waals surface area contributed by atoms with Gasteiger partial charge in [0.25, 0.3) is 0 Å². The standard InChI is InChI=1S/C13H17NO/c1-2-3-4-8-11-15-14-12-13-9-6-5-7-10-13/h4-10,12H,2-3,11H2,1H3/b8-4-,14-12+. The van der Waals surface area contributed by atoms with Crippen LogP contribution in [0.5, 0.6) is 0 Å². The molecule has 0 aromatic heterocycles. The molecule has 1 aromatic rings. The first-order valence-electron chi connectivity index (χ1n) is 5.29. The molecule has 0 saturated carbocycles. The minimum absolute atomic E-state index is 0.545. The average Bonchev–Trinajstić information content (AvgIpc) is 2.29. The smallest absolute Gasteiger partial charge is 0.135 e. The Morgan fingerprint density at radius 2 is 2.00 bits per heavy atom. The summed E-state index contributed by atoms with van der Waals surface area (Å²) in [7, 11) is 0. The van der Waals surface area contributed by atoms with E-state index in [4.69, 9.17) is 4.84 Å². The van der Waals surface area contributed by atoms with Crippen molar-refractivity contribution in [3.63, 3.8) is 0 Å². The van der Waals surface area contributed by atoms with Gasteiger partial charge in [-0.2, -0.15) is 0 Å². The fourth-order valence-corrected chi connectivity index (χ4v) is 1.08. The van der Waals surface area contributed by atoms with Gasteiger partial charge in [0, 0.05) is 0 Å². The number of benzene rings is 1. The summed E-state index contributed by atoms with van der Waals surface area (Å²) >= 11 is 0. The van der Waals surface area contributed by atoms with Gasteiger partial charge in [0.05, 0.1) is 6.21 Å². The van der Waals surface area contributed by atoms with Crippen LogP contribution in [0.3, 0.4) is 0 Å². The maximum Gasteiger partial charge on any atom is 0.135 e. The molecule has 15 heavy (non-hydrogen) atoms. The Hall–Kier alpha value is -1.57. The second kappa shape index (κ2) is 7.80. The third-order valence-corrected chi connectivity index (χ3v) is 1.87. The number of allylic oxidation sites excluding steroid dienone is 1. The van der Waals surface area contributed by atoms with Gasteiger partial charge in [-0.1, -0.05) is 54.9 Å². The largest absolute Gasteiger partial charge is 0.392 e. The van der Waals surface area contributed by atoms with Crippen molar-refractivity contribution in [3.8, 4) is 0 Å². The van der Waals surface area contributed by atoms with Crippen LogP contribution in [0.15, 0.2) is 47.6 Å². The van der Waals surface area contributed by atoms with E-state index in [9.17, 15) is 0 Å². The van der Waals surface area contributed by atoms with Crippen LogP contribution in [0.2, 0.25) is 0 Å². The van der Waals surface area contributed by atoms with Crippen molar-refractivity contribution in [1.29, 1.82) is 0 Å². The highest BCUT2D eigenvalue weighted by atomic mass is 16.6. The first kappa shape index (κ1) is 11.5. The highest BCUT2D eigenvalue weighted by Gasteiger charge is 1.82. The van der Waals surface area contributed by atoms with Gasteiger partial charge in [0.2, 0.25) is 0 Å². The van der Waals surface area contributed by atoms with Gasteiger partial charge in [-0.05, 0) is 18.1 Å². The number of unbranched alkanes of at least 4 members (excludes halogenated alkanes) is 1. The van der Waals surface area contributed by atoms with Crippen molar-refractivity contribution in [3.05, 3.63) is 48.0 Å². The van der Waals surface area contributed by atoms with E-state index in [-0.39, 0.29) is 0 Å². The van der Waals surface area contributed by atoms with Gasteiger partial charge in [-0.3, -0.25) is 0 Å². The molecule has 80 valence electrons. The molecule has 0 amide bonds. The lowest BCUT2D eigenvalue weighted by atomic mass is 10.2.